The van der Waals surface area contributed by atoms with Crippen LogP contribution in [0, 0.1) is 0 Å². The quantitative estimate of drug-likeness (QED) is 0.517. The van der Waals surface area contributed by atoms with Crippen molar-refractivity contribution in [2.75, 3.05) is 18.6 Å². The average molecular weight is 252 g/mol. The first-order chi connectivity index (χ1) is 8.50. The highest BCUT2D eigenvalue weighted by atomic mass is 16.5. The monoisotopic (exact) mass is 252 g/mol. The van der Waals surface area contributed by atoms with Crippen molar-refractivity contribution in [3.05, 3.63) is 24.0 Å². The number of nitrogen functional groups attached to an aromatic ring is 1. The molecule has 1 amide bonds. The summed E-state index contributed by atoms with van der Waals surface area (Å²) < 4.78 is 5.50. The fourth-order valence-electron chi connectivity index (χ4n) is 1.54. The van der Waals surface area contributed by atoms with Gasteiger partial charge in [0.1, 0.15) is 0 Å². The Hall–Kier alpha value is -1.66. The third kappa shape index (κ3) is 3.97. The first kappa shape index (κ1) is 14.4. The number of hydrazine groups is 1. The Balaban J connectivity index is 2.66. The predicted octanol–water partition coefficient (Wildman–Crippen LogP) is 0.912. The molecule has 0 aliphatic rings. The van der Waals surface area contributed by atoms with Crippen molar-refractivity contribution in [2.45, 2.75) is 26.4 Å². The summed E-state index contributed by atoms with van der Waals surface area (Å²) in [6.45, 7) is 6.79. The summed E-state index contributed by atoms with van der Waals surface area (Å²) >= 11 is 0. The van der Waals surface area contributed by atoms with Crippen molar-refractivity contribution in [3.63, 3.8) is 0 Å². The molecule has 1 heterocycles. The molecule has 0 bridgehead atoms. The number of nitrogens with one attached hydrogen (secondary N) is 2. The van der Waals surface area contributed by atoms with E-state index in [1.807, 2.05) is 20.8 Å². The molecule has 0 fully saturated rings. The highest BCUT2D eigenvalue weighted by Gasteiger charge is 2.19. The van der Waals surface area contributed by atoms with E-state index in [1.54, 1.807) is 12.3 Å². The third-order valence-electron chi connectivity index (χ3n) is 2.43. The van der Waals surface area contributed by atoms with Gasteiger partial charge in [-0.15, -0.1) is 0 Å². The van der Waals surface area contributed by atoms with Crippen LogP contribution in [-0.2, 0) is 4.74 Å². The predicted molar refractivity (Wildman–Crippen MR) is 70.1 cm³/mol. The van der Waals surface area contributed by atoms with Crippen molar-refractivity contribution in [1.82, 2.24) is 10.3 Å². The van der Waals surface area contributed by atoms with Crippen LogP contribution < -0.4 is 16.6 Å². The molecule has 0 unspecified atom stereocenters. The van der Waals surface area contributed by atoms with Gasteiger partial charge in [0.05, 0.1) is 23.0 Å². The van der Waals surface area contributed by atoms with Crippen LogP contribution in [0.2, 0.25) is 0 Å². The van der Waals surface area contributed by atoms with Gasteiger partial charge in [-0.05, 0) is 26.8 Å². The molecule has 0 radical (unpaired) electrons. The van der Waals surface area contributed by atoms with Crippen molar-refractivity contribution in [1.29, 1.82) is 0 Å². The number of aromatic nitrogens is 1. The lowest BCUT2D eigenvalue weighted by atomic mass is 10.1. The van der Waals surface area contributed by atoms with Crippen LogP contribution in [0.5, 0.6) is 0 Å². The maximum Gasteiger partial charge on any atom is 0.253 e. The maximum absolute atomic E-state index is 12.0. The minimum atomic E-state index is -0.395. The summed E-state index contributed by atoms with van der Waals surface area (Å²) in [5.74, 6) is 5.11. The molecule has 18 heavy (non-hydrogen) atoms. The van der Waals surface area contributed by atoms with E-state index in [2.05, 4.69) is 15.7 Å². The Morgan fingerprint density at radius 2 is 2.28 bits per heavy atom. The molecule has 6 heteroatoms. The number of nitrogens with two attached hydrogens (primary N) is 1. The minimum Gasteiger partial charge on any atom is -0.374 e. The van der Waals surface area contributed by atoms with Gasteiger partial charge in [-0.2, -0.15) is 0 Å². The van der Waals surface area contributed by atoms with Gasteiger partial charge in [0.2, 0.25) is 0 Å². The summed E-state index contributed by atoms with van der Waals surface area (Å²) in [5.41, 5.74) is 3.00. The second kappa shape index (κ2) is 6.32. The number of hydrogen-bond donors (Lipinski definition) is 3. The lowest BCUT2D eigenvalue weighted by Gasteiger charge is -2.25. The van der Waals surface area contributed by atoms with Gasteiger partial charge < -0.3 is 15.5 Å². The number of rotatable bonds is 6. The van der Waals surface area contributed by atoms with E-state index in [9.17, 15) is 4.79 Å². The first-order valence-corrected chi connectivity index (χ1v) is 5.83. The number of amides is 1. The highest BCUT2D eigenvalue weighted by Crippen LogP contribution is 2.12. The summed E-state index contributed by atoms with van der Waals surface area (Å²) in [4.78, 5) is 15.9. The highest BCUT2D eigenvalue weighted by molar-refractivity contribution is 5.99. The Morgan fingerprint density at radius 3 is 2.89 bits per heavy atom. The lowest BCUT2D eigenvalue weighted by molar-refractivity contribution is -0.00815. The van der Waals surface area contributed by atoms with E-state index in [1.165, 1.54) is 6.20 Å². The molecule has 0 saturated heterocycles. The van der Waals surface area contributed by atoms with Crippen LogP contribution in [0.1, 0.15) is 31.1 Å². The van der Waals surface area contributed by atoms with Crippen LogP contribution in [0.15, 0.2) is 18.5 Å². The Labute approximate surface area is 107 Å². The number of carbonyl (C=O) groups excluding carboxylic acids is 1. The van der Waals surface area contributed by atoms with E-state index in [0.29, 0.717) is 24.4 Å². The van der Waals surface area contributed by atoms with E-state index < -0.39 is 5.60 Å². The molecule has 0 aromatic carbocycles. The van der Waals surface area contributed by atoms with Crippen molar-refractivity contribution in [2.24, 2.45) is 5.84 Å². The fourth-order valence-corrected chi connectivity index (χ4v) is 1.54. The summed E-state index contributed by atoms with van der Waals surface area (Å²) in [6, 6.07) is 1.61. The molecule has 0 aliphatic heterocycles. The number of hydrogen-bond acceptors (Lipinski definition) is 5. The number of pyridine rings is 1. The van der Waals surface area contributed by atoms with Gasteiger partial charge in [-0.1, -0.05) is 0 Å². The number of nitrogens with zero attached hydrogens (tertiary/aromatic N) is 1. The second-order valence-electron chi connectivity index (χ2n) is 4.44. The van der Waals surface area contributed by atoms with Gasteiger partial charge in [-0.3, -0.25) is 15.6 Å². The maximum atomic E-state index is 12.0. The minimum absolute atomic E-state index is 0.210. The summed E-state index contributed by atoms with van der Waals surface area (Å²) in [5, 5.41) is 2.81. The van der Waals surface area contributed by atoms with Crippen LogP contribution in [0.4, 0.5) is 5.69 Å². The molecule has 0 spiro atoms. The smallest absolute Gasteiger partial charge is 0.253 e. The molecule has 6 nitrogen and oxygen atoms in total. The molecule has 0 saturated carbocycles. The fraction of sp³-hybridized carbons (Fsp3) is 0.500. The van der Waals surface area contributed by atoms with Crippen LogP contribution >= 0.6 is 0 Å². The van der Waals surface area contributed by atoms with Gasteiger partial charge >= 0.3 is 0 Å². The molecule has 1 aromatic rings. The first-order valence-electron chi connectivity index (χ1n) is 5.83. The third-order valence-corrected chi connectivity index (χ3v) is 2.43. The van der Waals surface area contributed by atoms with E-state index in [4.69, 9.17) is 10.6 Å². The number of ether oxygens (including phenoxy) is 1. The topological polar surface area (TPSA) is 89.3 Å². The van der Waals surface area contributed by atoms with Gasteiger partial charge in [0.15, 0.2) is 0 Å². The standard InChI is InChI=1S/C12H20N4O2/c1-4-18-12(2,3)8-15-11(17)9-5-6-14-7-10(9)16-13/h5-7,16H,4,8,13H2,1-3H3,(H,15,17). The normalized spacial score (nSPS) is 11.1. The van der Waals surface area contributed by atoms with Crippen molar-refractivity contribution < 1.29 is 9.53 Å². The van der Waals surface area contributed by atoms with Crippen LogP contribution in [0.25, 0.3) is 0 Å². The van der Waals surface area contributed by atoms with E-state index in [-0.39, 0.29) is 5.91 Å². The molecular formula is C12H20N4O2. The molecule has 0 aliphatic carbocycles. The Morgan fingerprint density at radius 1 is 1.56 bits per heavy atom. The van der Waals surface area contributed by atoms with E-state index in [0.717, 1.165) is 0 Å². The number of anilines is 1. The molecule has 4 N–H and O–H groups in total. The zero-order valence-electron chi connectivity index (χ0n) is 11.0. The Bertz CT molecular complexity index is 407. The van der Waals surface area contributed by atoms with Crippen LogP contribution in [-0.4, -0.2) is 29.6 Å². The largest absolute Gasteiger partial charge is 0.374 e. The van der Waals surface area contributed by atoms with E-state index >= 15 is 0 Å². The molecule has 0 atom stereocenters. The zero-order chi connectivity index (χ0) is 13.6. The van der Waals surface area contributed by atoms with Gasteiger partial charge in [0.25, 0.3) is 5.91 Å². The van der Waals surface area contributed by atoms with Crippen molar-refractivity contribution >= 4 is 11.6 Å². The SMILES string of the molecule is CCOC(C)(C)CNC(=O)c1ccncc1NN. The van der Waals surface area contributed by atoms with Crippen molar-refractivity contribution in [3.8, 4) is 0 Å². The zero-order valence-corrected chi connectivity index (χ0v) is 11.0. The Kier molecular flexibility index (Phi) is 5.06. The lowest BCUT2D eigenvalue weighted by Crippen LogP contribution is -2.40. The summed E-state index contributed by atoms with van der Waals surface area (Å²) in [7, 11) is 0. The summed E-state index contributed by atoms with van der Waals surface area (Å²) in [6.07, 6.45) is 3.05. The molecule has 1 aromatic heterocycles. The second-order valence-corrected chi connectivity index (χ2v) is 4.44. The average Bonchev–Trinajstić information content (AvgIpc) is 2.36. The van der Waals surface area contributed by atoms with Crippen LogP contribution in [0.3, 0.4) is 0 Å². The van der Waals surface area contributed by atoms with Gasteiger partial charge in [0, 0.05) is 19.3 Å². The number of carbonyl (C=O) groups is 1. The molecule has 1 rings (SSSR count). The van der Waals surface area contributed by atoms with Gasteiger partial charge in [-0.25, -0.2) is 0 Å². The molecule has 100 valence electrons. The molecular weight excluding hydrogens is 232 g/mol.